The van der Waals surface area contributed by atoms with E-state index in [1.165, 1.54) is 0 Å². The third-order valence-electron chi connectivity index (χ3n) is 5.46. The van der Waals surface area contributed by atoms with Crippen molar-refractivity contribution in [2.45, 2.75) is 44.6 Å². The third-order valence-corrected chi connectivity index (χ3v) is 6.80. The normalized spacial score (nSPS) is 20.3. The SMILES string of the molecule is C/C(=N/NC(=O)[C@@]1(C)CC1(Cl)Cl)c1ccc(NC(=O)[C@@H](C)Oc2ccc(Cl)cc2C)cc1. The Labute approximate surface area is 202 Å². The summed E-state index contributed by atoms with van der Waals surface area (Å²) in [5.74, 6) is -0.00868. The van der Waals surface area contributed by atoms with E-state index in [-0.39, 0.29) is 11.8 Å². The topological polar surface area (TPSA) is 79.8 Å². The van der Waals surface area contributed by atoms with Gasteiger partial charge in [-0.05, 0) is 75.6 Å². The summed E-state index contributed by atoms with van der Waals surface area (Å²) in [5.41, 5.74) is 4.53. The molecule has 2 aromatic carbocycles. The molecular weight excluding hydrogens is 473 g/mol. The van der Waals surface area contributed by atoms with Crippen LogP contribution in [0.4, 0.5) is 5.69 Å². The average Bonchev–Trinajstić information content (AvgIpc) is 3.27. The molecule has 0 aliphatic heterocycles. The van der Waals surface area contributed by atoms with Gasteiger partial charge in [0.05, 0.1) is 11.1 Å². The molecule has 2 amide bonds. The first-order chi connectivity index (χ1) is 14.9. The number of hydrogen-bond donors (Lipinski definition) is 2. The summed E-state index contributed by atoms with van der Waals surface area (Å²) in [6, 6.07) is 12.3. The number of carbonyl (C=O) groups is 2. The number of hydrazone groups is 1. The minimum atomic E-state index is -1.05. The Balaban J connectivity index is 1.56. The summed E-state index contributed by atoms with van der Waals surface area (Å²) >= 11 is 18.0. The van der Waals surface area contributed by atoms with Gasteiger partial charge in [0.15, 0.2) is 6.10 Å². The molecular formula is C23H24Cl3N3O3. The highest BCUT2D eigenvalue weighted by Crippen LogP contribution is 2.63. The van der Waals surface area contributed by atoms with Gasteiger partial charge in [-0.15, -0.1) is 23.2 Å². The van der Waals surface area contributed by atoms with Gasteiger partial charge in [0, 0.05) is 10.7 Å². The van der Waals surface area contributed by atoms with E-state index < -0.39 is 15.9 Å². The van der Waals surface area contributed by atoms with E-state index in [4.69, 9.17) is 39.5 Å². The van der Waals surface area contributed by atoms with Crippen LogP contribution >= 0.6 is 34.8 Å². The van der Waals surface area contributed by atoms with Crippen LogP contribution in [0.15, 0.2) is 47.6 Å². The number of alkyl halides is 2. The highest BCUT2D eigenvalue weighted by Gasteiger charge is 2.68. The van der Waals surface area contributed by atoms with E-state index in [1.54, 1.807) is 63.2 Å². The van der Waals surface area contributed by atoms with Gasteiger partial charge in [0.1, 0.15) is 10.1 Å². The molecule has 2 aromatic rings. The first-order valence-corrected chi connectivity index (χ1v) is 11.1. The number of carbonyl (C=O) groups excluding carboxylic acids is 2. The fourth-order valence-electron chi connectivity index (χ4n) is 3.00. The highest BCUT2D eigenvalue weighted by atomic mass is 35.5. The average molecular weight is 497 g/mol. The van der Waals surface area contributed by atoms with Crippen molar-refractivity contribution in [3.63, 3.8) is 0 Å². The van der Waals surface area contributed by atoms with Crippen molar-refractivity contribution in [2.75, 3.05) is 5.32 Å². The molecule has 2 N–H and O–H groups in total. The second-order valence-electron chi connectivity index (χ2n) is 8.09. The Bertz CT molecular complexity index is 1070. The van der Waals surface area contributed by atoms with Crippen LogP contribution in [0.5, 0.6) is 5.75 Å². The smallest absolute Gasteiger partial charge is 0.265 e. The molecule has 1 aliphatic carbocycles. The first-order valence-electron chi connectivity index (χ1n) is 9.99. The number of halogens is 3. The largest absolute Gasteiger partial charge is 0.481 e. The maximum absolute atomic E-state index is 12.5. The van der Waals surface area contributed by atoms with Crippen LogP contribution < -0.4 is 15.5 Å². The molecule has 0 aromatic heterocycles. The summed E-state index contributed by atoms with van der Waals surface area (Å²) in [4.78, 5) is 24.7. The maximum Gasteiger partial charge on any atom is 0.265 e. The Hall–Kier alpha value is -2.28. The number of hydrogen-bond acceptors (Lipinski definition) is 4. The Morgan fingerprint density at radius 1 is 1.16 bits per heavy atom. The molecule has 3 rings (SSSR count). The number of nitrogens with zero attached hydrogens (tertiary/aromatic N) is 1. The van der Waals surface area contributed by atoms with Gasteiger partial charge < -0.3 is 10.1 Å². The van der Waals surface area contributed by atoms with Gasteiger partial charge >= 0.3 is 0 Å². The van der Waals surface area contributed by atoms with E-state index in [0.29, 0.717) is 28.6 Å². The summed E-state index contributed by atoms with van der Waals surface area (Å²) in [6.07, 6.45) is -0.315. The predicted octanol–water partition coefficient (Wildman–Crippen LogP) is 5.48. The fourth-order valence-corrected chi connectivity index (χ4v) is 3.93. The summed E-state index contributed by atoms with van der Waals surface area (Å²) in [5, 5.41) is 7.56. The molecule has 0 unspecified atom stereocenters. The number of amides is 2. The second-order valence-corrected chi connectivity index (χ2v) is 10.0. The van der Waals surface area contributed by atoms with E-state index in [0.717, 1.165) is 11.1 Å². The molecule has 32 heavy (non-hydrogen) atoms. The van der Waals surface area contributed by atoms with Crippen LogP contribution in [-0.2, 0) is 9.59 Å². The third kappa shape index (κ3) is 5.37. The van der Waals surface area contributed by atoms with Gasteiger partial charge in [0.2, 0.25) is 5.91 Å². The zero-order valence-electron chi connectivity index (χ0n) is 18.1. The van der Waals surface area contributed by atoms with Crippen LogP contribution in [0.1, 0.15) is 38.3 Å². The Morgan fingerprint density at radius 2 is 1.78 bits per heavy atom. The minimum absolute atomic E-state index is 0.284. The standard InChI is InChI=1S/C23H24Cl3N3O3/c1-13-11-17(24)7-10-19(13)32-15(3)20(30)27-18-8-5-16(6-9-18)14(2)28-29-21(31)22(4)12-23(22,25)26/h5-11,15H,12H2,1-4H3,(H,27,30)(H,29,31)/b28-14-/t15-,22-/m1/s1. The van der Waals surface area contributed by atoms with Crippen LogP contribution in [0.25, 0.3) is 0 Å². The van der Waals surface area contributed by atoms with Crippen molar-refractivity contribution >= 4 is 58.0 Å². The van der Waals surface area contributed by atoms with Crippen LogP contribution in [0.3, 0.4) is 0 Å². The van der Waals surface area contributed by atoms with E-state index >= 15 is 0 Å². The van der Waals surface area contributed by atoms with Crippen molar-refractivity contribution in [3.8, 4) is 5.75 Å². The summed E-state index contributed by atoms with van der Waals surface area (Å²) in [7, 11) is 0. The molecule has 0 radical (unpaired) electrons. The Kier molecular flexibility index (Phi) is 7.08. The molecule has 1 fully saturated rings. The van der Waals surface area contributed by atoms with Gasteiger partial charge in [-0.2, -0.15) is 5.10 Å². The van der Waals surface area contributed by atoms with Crippen LogP contribution in [0.2, 0.25) is 5.02 Å². The predicted molar refractivity (Wildman–Crippen MR) is 129 cm³/mol. The summed E-state index contributed by atoms with van der Waals surface area (Å²) in [6.45, 7) is 7.00. The maximum atomic E-state index is 12.5. The highest BCUT2D eigenvalue weighted by molar-refractivity contribution is 6.53. The molecule has 1 saturated carbocycles. The van der Waals surface area contributed by atoms with Crippen LogP contribution in [-0.4, -0.2) is 28.0 Å². The fraction of sp³-hybridized carbons (Fsp3) is 0.348. The lowest BCUT2D eigenvalue weighted by Crippen LogP contribution is -2.30. The number of anilines is 1. The van der Waals surface area contributed by atoms with Crippen molar-refractivity contribution in [3.05, 3.63) is 58.6 Å². The minimum Gasteiger partial charge on any atom is -0.481 e. The molecule has 1 aliphatic rings. The number of ether oxygens (including phenoxy) is 1. The van der Waals surface area contributed by atoms with Crippen molar-refractivity contribution in [2.24, 2.45) is 10.5 Å². The first kappa shape index (κ1) is 24.4. The van der Waals surface area contributed by atoms with Gasteiger partial charge in [-0.1, -0.05) is 23.7 Å². The quantitative estimate of drug-likeness (QED) is 0.303. The lowest BCUT2D eigenvalue weighted by molar-refractivity contribution is -0.125. The van der Waals surface area contributed by atoms with E-state index in [1.807, 2.05) is 6.92 Å². The van der Waals surface area contributed by atoms with Gasteiger partial charge in [-0.3, -0.25) is 9.59 Å². The van der Waals surface area contributed by atoms with Gasteiger partial charge in [-0.25, -0.2) is 5.43 Å². The van der Waals surface area contributed by atoms with Gasteiger partial charge in [0.25, 0.3) is 5.91 Å². The van der Waals surface area contributed by atoms with Crippen molar-refractivity contribution < 1.29 is 14.3 Å². The number of benzene rings is 2. The molecule has 2 atom stereocenters. The molecule has 9 heteroatoms. The molecule has 0 spiro atoms. The lowest BCUT2D eigenvalue weighted by atomic mass is 10.1. The van der Waals surface area contributed by atoms with E-state index in [9.17, 15) is 9.59 Å². The zero-order valence-corrected chi connectivity index (χ0v) is 20.4. The number of rotatable bonds is 7. The number of aryl methyl sites for hydroxylation is 1. The van der Waals surface area contributed by atoms with Crippen LogP contribution in [0, 0.1) is 12.3 Å². The van der Waals surface area contributed by atoms with Crippen molar-refractivity contribution in [1.29, 1.82) is 0 Å². The van der Waals surface area contributed by atoms with Crippen molar-refractivity contribution in [1.82, 2.24) is 5.43 Å². The second kappa shape index (κ2) is 9.30. The number of nitrogens with one attached hydrogen (secondary N) is 2. The summed E-state index contributed by atoms with van der Waals surface area (Å²) < 4.78 is 4.70. The monoisotopic (exact) mass is 495 g/mol. The zero-order chi connectivity index (χ0) is 23.7. The molecule has 170 valence electrons. The Morgan fingerprint density at radius 3 is 2.34 bits per heavy atom. The molecule has 0 heterocycles. The lowest BCUT2D eigenvalue weighted by Gasteiger charge is -2.16. The molecule has 0 saturated heterocycles. The van der Waals surface area contributed by atoms with E-state index in [2.05, 4.69) is 15.8 Å². The molecule has 0 bridgehead atoms. The molecule has 6 nitrogen and oxygen atoms in total.